The van der Waals surface area contributed by atoms with E-state index in [1.54, 1.807) is 0 Å². The van der Waals surface area contributed by atoms with E-state index < -0.39 is 28.5 Å². The number of hydroxylamine groups is 2. The Balaban J connectivity index is 0.00000162. The van der Waals surface area contributed by atoms with Crippen molar-refractivity contribution >= 4 is 22.3 Å². The molecule has 9 nitrogen and oxygen atoms in total. The summed E-state index contributed by atoms with van der Waals surface area (Å²) < 4.78 is 35.5. The molecular weight excluding hydrogens is 275 g/mol. The number of nitrogens with zero attached hydrogens (tertiary/aromatic N) is 2. The van der Waals surface area contributed by atoms with Gasteiger partial charge in [0.2, 0.25) is 10.4 Å². The molecule has 2 amide bonds. The minimum atomic E-state index is -4.97. The van der Waals surface area contributed by atoms with Gasteiger partial charge >= 0.3 is 35.6 Å². The predicted molar refractivity (Wildman–Crippen MR) is 53.4 cm³/mol. The van der Waals surface area contributed by atoms with E-state index in [9.17, 15) is 17.8 Å². The van der Waals surface area contributed by atoms with E-state index in [1.165, 1.54) is 4.90 Å². The Kier molecular flexibility index (Phi) is 4.62. The van der Waals surface area contributed by atoms with Crippen LogP contribution < -0.4 is 35.3 Å². The molecule has 0 saturated carbocycles. The van der Waals surface area contributed by atoms with E-state index >= 15 is 0 Å². The van der Waals surface area contributed by atoms with E-state index in [2.05, 4.69) is 4.28 Å². The zero-order valence-electron chi connectivity index (χ0n) is 9.70. The Bertz CT molecular complexity index is 468. The molecule has 2 fully saturated rings. The first kappa shape index (κ1) is 15.7. The molecule has 0 radical (unpaired) electrons. The number of carbonyl (C=O) groups is 1. The molecule has 0 unspecified atom stereocenters. The van der Waals surface area contributed by atoms with Crippen molar-refractivity contribution in [3.8, 4) is 0 Å². The molecule has 2 aliphatic rings. The number of urea groups is 1. The Hall–Kier alpha value is -0.390. The Morgan fingerprint density at radius 1 is 1.50 bits per heavy atom. The fraction of sp³-hybridized carbons (Fsp3) is 0.714. The van der Waals surface area contributed by atoms with Crippen molar-refractivity contribution in [2.24, 2.45) is 5.73 Å². The van der Waals surface area contributed by atoms with E-state index in [0.717, 1.165) is 0 Å². The molecule has 2 saturated heterocycles. The third kappa shape index (κ3) is 2.95. The molecule has 96 valence electrons. The number of piperidine rings is 1. The van der Waals surface area contributed by atoms with Crippen molar-refractivity contribution < 1.29 is 51.6 Å². The average molecular weight is 286 g/mol. The second-order valence-electron chi connectivity index (χ2n) is 3.95. The summed E-state index contributed by atoms with van der Waals surface area (Å²) in [6.07, 6.45) is 0.881. The molecule has 11 heteroatoms. The van der Waals surface area contributed by atoms with Crippen molar-refractivity contribution in [1.82, 2.24) is 9.96 Å². The second kappa shape index (κ2) is 5.31. The number of rotatable bonds is 3. The van der Waals surface area contributed by atoms with Gasteiger partial charge < -0.3 is 15.2 Å². The maximum atomic E-state index is 11.8. The molecular formula is C7H11N4NaO5S. The van der Waals surface area contributed by atoms with Gasteiger partial charge in [0.15, 0.2) is 0 Å². The van der Waals surface area contributed by atoms with Crippen LogP contribution in [0.3, 0.4) is 0 Å². The van der Waals surface area contributed by atoms with Gasteiger partial charge in [-0.2, -0.15) is 9.35 Å². The number of nitrogens with one attached hydrogen (secondary N) is 1. The van der Waals surface area contributed by atoms with Gasteiger partial charge in [0, 0.05) is 6.54 Å². The number of amides is 2. The van der Waals surface area contributed by atoms with Gasteiger partial charge in [0.1, 0.15) is 5.84 Å². The van der Waals surface area contributed by atoms with Crippen molar-refractivity contribution in [2.75, 3.05) is 6.54 Å². The Labute approximate surface area is 126 Å². The number of fused-ring (bicyclic) bond motifs is 2. The molecule has 3 N–H and O–H groups in total. The van der Waals surface area contributed by atoms with Crippen LogP contribution in [-0.2, 0) is 14.7 Å². The molecule has 2 bridgehead atoms. The molecule has 0 aromatic heterocycles. The molecule has 2 heterocycles. The fourth-order valence-electron chi connectivity index (χ4n) is 2.15. The first-order valence-corrected chi connectivity index (χ1v) is 6.22. The Morgan fingerprint density at radius 2 is 2.11 bits per heavy atom. The molecule has 0 spiro atoms. The number of nitrogens with two attached hydrogens (primary N) is 1. The molecule has 2 rings (SSSR count). The van der Waals surface area contributed by atoms with Crippen LogP contribution in [0.25, 0.3) is 0 Å². The standard InChI is InChI=1S/C7H12N4O5S.Na/c8-6(9)5-2-1-4-3-10(5)7(12)11(4)16-17(13,14)15;/h4-5H,1-3H2,(H3,8,9)(H,13,14,15);/q;+1/p-1/t4-,5+;/m1./s1. The maximum Gasteiger partial charge on any atom is 1.00 e. The van der Waals surface area contributed by atoms with Gasteiger partial charge in [-0.25, -0.2) is 13.2 Å². The van der Waals surface area contributed by atoms with Crippen LogP contribution in [0.1, 0.15) is 12.8 Å². The van der Waals surface area contributed by atoms with Crippen molar-refractivity contribution in [3.05, 3.63) is 0 Å². The van der Waals surface area contributed by atoms with Crippen LogP contribution in [-0.4, -0.2) is 53.4 Å². The minimum absolute atomic E-state index is 0. The van der Waals surface area contributed by atoms with Crippen LogP contribution >= 0.6 is 0 Å². The third-order valence-electron chi connectivity index (χ3n) is 2.85. The molecule has 0 aliphatic carbocycles. The summed E-state index contributed by atoms with van der Waals surface area (Å²) in [6, 6.07) is -1.78. The van der Waals surface area contributed by atoms with Crippen molar-refractivity contribution in [2.45, 2.75) is 24.9 Å². The predicted octanol–water partition coefficient (Wildman–Crippen LogP) is -4.41. The monoisotopic (exact) mass is 286 g/mol. The normalized spacial score (nSPS) is 27.1. The third-order valence-corrected chi connectivity index (χ3v) is 3.20. The maximum absolute atomic E-state index is 11.8. The molecule has 2 aliphatic heterocycles. The van der Waals surface area contributed by atoms with Gasteiger partial charge in [-0.1, -0.05) is 0 Å². The van der Waals surface area contributed by atoms with E-state index in [1.807, 2.05) is 0 Å². The number of hydrogen-bond donors (Lipinski definition) is 2. The summed E-state index contributed by atoms with van der Waals surface area (Å²) in [4.78, 5) is 13.0. The summed E-state index contributed by atoms with van der Waals surface area (Å²) in [6.45, 7) is 0.207. The topological polar surface area (TPSA) is 140 Å². The van der Waals surface area contributed by atoms with Gasteiger partial charge in [-0.05, 0) is 12.8 Å². The number of amidine groups is 1. The zero-order chi connectivity index (χ0) is 12.8. The van der Waals surface area contributed by atoms with Gasteiger partial charge in [0.05, 0.1) is 12.1 Å². The van der Waals surface area contributed by atoms with Crippen LogP contribution in [0.5, 0.6) is 0 Å². The van der Waals surface area contributed by atoms with E-state index in [0.29, 0.717) is 17.9 Å². The van der Waals surface area contributed by atoms with Crippen molar-refractivity contribution in [1.29, 1.82) is 5.41 Å². The minimum Gasteiger partial charge on any atom is -0.724 e. The second-order valence-corrected chi connectivity index (χ2v) is 4.91. The van der Waals surface area contributed by atoms with Crippen LogP contribution in [0.4, 0.5) is 4.79 Å². The van der Waals surface area contributed by atoms with Crippen LogP contribution in [0, 0.1) is 5.41 Å². The van der Waals surface area contributed by atoms with E-state index in [-0.39, 0.29) is 41.9 Å². The first-order chi connectivity index (χ1) is 7.79. The fourth-order valence-corrected chi connectivity index (χ4v) is 2.53. The summed E-state index contributed by atoms with van der Waals surface area (Å²) in [5, 5.41) is 7.88. The largest absolute Gasteiger partial charge is 1.00 e. The van der Waals surface area contributed by atoms with E-state index in [4.69, 9.17) is 11.1 Å². The van der Waals surface area contributed by atoms with Crippen LogP contribution in [0.15, 0.2) is 0 Å². The summed E-state index contributed by atoms with van der Waals surface area (Å²) in [7, 11) is -4.97. The molecule has 2 atom stereocenters. The average Bonchev–Trinajstić information content (AvgIpc) is 2.42. The summed E-state index contributed by atoms with van der Waals surface area (Å²) in [5.41, 5.74) is 5.34. The summed E-state index contributed by atoms with van der Waals surface area (Å²) in [5.74, 6) is -0.163. The summed E-state index contributed by atoms with van der Waals surface area (Å²) >= 11 is 0. The SMILES string of the molecule is N=C(N)[C@@H]1CC[C@@H]2CN1C(=O)N2OS(=O)(=O)[O-].[Na+]. The molecule has 0 aromatic rings. The number of hydrogen-bond acceptors (Lipinski definition) is 6. The molecule has 18 heavy (non-hydrogen) atoms. The number of carbonyl (C=O) groups excluding carboxylic acids is 1. The van der Waals surface area contributed by atoms with Gasteiger partial charge in [-0.15, -0.1) is 0 Å². The smallest absolute Gasteiger partial charge is 0.724 e. The van der Waals surface area contributed by atoms with Crippen molar-refractivity contribution in [3.63, 3.8) is 0 Å². The first-order valence-electron chi connectivity index (χ1n) is 4.89. The van der Waals surface area contributed by atoms with Crippen LogP contribution in [0.2, 0.25) is 0 Å². The molecule has 0 aromatic carbocycles. The van der Waals surface area contributed by atoms with Gasteiger partial charge in [0.25, 0.3) is 0 Å². The van der Waals surface area contributed by atoms with Gasteiger partial charge in [-0.3, -0.25) is 5.41 Å². The zero-order valence-corrected chi connectivity index (χ0v) is 12.5. The Morgan fingerprint density at radius 3 is 2.61 bits per heavy atom. The quantitative estimate of drug-likeness (QED) is 0.176.